The van der Waals surface area contributed by atoms with Crippen LogP contribution in [0.4, 0.5) is 0 Å². The van der Waals surface area contributed by atoms with Gasteiger partial charge in [0.05, 0.1) is 32.3 Å². The van der Waals surface area contributed by atoms with Gasteiger partial charge in [-0.05, 0) is 24.1 Å². The average molecular weight is 260 g/mol. The minimum atomic E-state index is -0.0947. The van der Waals surface area contributed by atoms with E-state index in [2.05, 4.69) is 11.0 Å². The van der Waals surface area contributed by atoms with Gasteiger partial charge in [0, 0.05) is 19.6 Å². The molecule has 0 saturated carbocycles. The van der Waals surface area contributed by atoms with E-state index in [1.54, 1.807) is 7.11 Å². The summed E-state index contributed by atoms with van der Waals surface area (Å²) in [6.45, 7) is 6.12. The third kappa shape index (κ3) is 3.46. The Hall–Kier alpha value is -1.57. The molecule has 102 valence electrons. The predicted molar refractivity (Wildman–Crippen MR) is 73.3 cm³/mol. The van der Waals surface area contributed by atoms with E-state index >= 15 is 0 Å². The van der Waals surface area contributed by atoms with Crippen molar-refractivity contribution >= 4 is 0 Å². The Morgan fingerprint density at radius 1 is 1.42 bits per heavy atom. The van der Waals surface area contributed by atoms with Crippen LogP contribution in [0.1, 0.15) is 17.0 Å². The molecule has 1 heterocycles. The summed E-state index contributed by atoms with van der Waals surface area (Å²) in [6.07, 6.45) is 0. The van der Waals surface area contributed by atoms with E-state index in [0.717, 1.165) is 49.7 Å². The Morgan fingerprint density at radius 3 is 2.74 bits per heavy atom. The van der Waals surface area contributed by atoms with Gasteiger partial charge in [-0.15, -0.1) is 0 Å². The first-order valence-electron chi connectivity index (χ1n) is 6.59. The maximum atomic E-state index is 9.39. The van der Waals surface area contributed by atoms with Gasteiger partial charge in [0.25, 0.3) is 0 Å². The molecule has 0 aromatic heterocycles. The molecule has 0 N–H and O–H groups in total. The van der Waals surface area contributed by atoms with Crippen molar-refractivity contribution in [2.24, 2.45) is 0 Å². The highest BCUT2D eigenvalue weighted by Gasteiger charge is 2.18. The van der Waals surface area contributed by atoms with Crippen LogP contribution < -0.4 is 4.74 Å². The van der Waals surface area contributed by atoms with Crippen molar-refractivity contribution in [1.82, 2.24) is 4.90 Å². The number of ether oxygens (including phenoxy) is 2. The normalized spacial score (nSPS) is 17.7. The molecule has 1 aliphatic heterocycles. The number of nitriles is 1. The van der Waals surface area contributed by atoms with Gasteiger partial charge < -0.3 is 9.47 Å². The first-order valence-corrected chi connectivity index (χ1v) is 6.59. The SMILES string of the molecule is COc1ccc(C(C#N)CN2CCOCC2)cc1C. The minimum absolute atomic E-state index is 0.0947. The minimum Gasteiger partial charge on any atom is -0.496 e. The van der Waals surface area contributed by atoms with Gasteiger partial charge in [0.15, 0.2) is 0 Å². The van der Waals surface area contributed by atoms with E-state index in [1.807, 2.05) is 25.1 Å². The molecule has 1 atom stereocenters. The fourth-order valence-electron chi connectivity index (χ4n) is 2.38. The second-order valence-corrected chi connectivity index (χ2v) is 4.82. The molecular formula is C15H20N2O2. The van der Waals surface area contributed by atoms with Crippen molar-refractivity contribution < 1.29 is 9.47 Å². The third-order valence-corrected chi connectivity index (χ3v) is 3.52. The highest BCUT2D eigenvalue weighted by molar-refractivity contribution is 5.39. The maximum Gasteiger partial charge on any atom is 0.121 e. The van der Waals surface area contributed by atoms with Crippen LogP contribution in [0.3, 0.4) is 0 Å². The van der Waals surface area contributed by atoms with Crippen LogP contribution in [0.2, 0.25) is 0 Å². The Morgan fingerprint density at radius 2 is 2.16 bits per heavy atom. The van der Waals surface area contributed by atoms with Gasteiger partial charge in [-0.3, -0.25) is 4.90 Å². The molecule has 1 aromatic rings. The third-order valence-electron chi connectivity index (χ3n) is 3.52. The second-order valence-electron chi connectivity index (χ2n) is 4.82. The summed E-state index contributed by atoms with van der Waals surface area (Å²) in [5.41, 5.74) is 2.13. The molecule has 0 aliphatic carbocycles. The molecule has 1 fully saturated rings. The van der Waals surface area contributed by atoms with Crippen LogP contribution in [0, 0.1) is 18.3 Å². The average Bonchev–Trinajstić information content (AvgIpc) is 2.46. The number of methoxy groups -OCH3 is 1. The standard InChI is InChI=1S/C15H20N2O2/c1-12-9-13(3-4-15(12)18-2)14(10-16)11-17-5-7-19-8-6-17/h3-4,9,14H,5-8,11H2,1-2H3. The zero-order chi connectivity index (χ0) is 13.7. The van der Waals surface area contributed by atoms with E-state index in [-0.39, 0.29) is 5.92 Å². The maximum absolute atomic E-state index is 9.39. The van der Waals surface area contributed by atoms with Crippen molar-refractivity contribution in [2.45, 2.75) is 12.8 Å². The molecule has 0 spiro atoms. The molecule has 2 rings (SSSR count). The molecule has 1 saturated heterocycles. The van der Waals surface area contributed by atoms with E-state index < -0.39 is 0 Å². The molecule has 4 heteroatoms. The fraction of sp³-hybridized carbons (Fsp3) is 0.533. The van der Waals surface area contributed by atoms with Crippen molar-refractivity contribution in [3.05, 3.63) is 29.3 Å². The molecule has 1 unspecified atom stereocenters. The lowest BCUT2D eigenvalue weighted by molar-refractivity contribution is 0.0370. The highest BCUT2D eigenvalue weighted by atomic mass is 16.5. The molecule has 0 bridgehead atoms. The monoisotopic (exact) mass is 260 g/mol. The first-order chi connectivity index (χ1) is 9.24. The van der Waals surface area contributed by atoms with Gasteiger partial charge >= 0.3 is 0 Å². The Kier molecular flexibility index (Phi) is 4.78. The Bertz CT molecular complexity index is 462. The van der Waals surface area contributed by atoms with Gasteiger partial charge in [-0.25, -0.2) is 0 Å². The number of hydrogen-bond donors (Lipinski definition) is 0. The number of rotatable bonds is 4. The number of nitrogens with zero attached hydrogens (tertiary/aromatic N) is 2. The lowest BCUT2D eigenvalue weighted by Crippen LogP contribution is -2.38. The van der Waals surface area contributed by atoms with Crippen molar-refractivity contribution in [3.63, 3.8) is 0 Å². The summed E-state index contributed by atoms with van der Waals surface area (Å²) in [5.74, 6) is 0.773. The number of hydrogen-bond acceptors (Lipinski definition) is 4. The van der Waals surface area contributed by atoms with Crippen LogP contribution in [0.5, 0.6) is 5.75 Å². The first kappa shape index (κ1) is 13.9. The zero-order valence-corrected chi connectivity index (χ0v) is 11.6. The summed E-state index contributed by atoms with van der Waals surface area (Å²) in [4.78, 5) is 2.29. The number of morpholine rings is 1. The summed E-state index contributed by atoms with van der Waals surface area (Å²) in [6, 6.07) is 8.38. The molecule has 4 nitrogen and oxygen atoms in total. The fourth-order valence-corrected chi connectivity index (χ4v) is 2.38. The lowest BCUT2D eigenvalue weighted by Gasteiger charge is -2.28. The van der Waals surface area contributed by atoms with E-state index in [0.29, 0.717) is 0 Å². The van der Waals surface area contributed by atoms with Crippen LogP contribution >= 0.6 is 0 Å². The Labute approximate surface area is 114 Å². The molecule has 19 heavy (non-hydrogen) atoms. The van der Waals surface area contributed by atoms with E-state index in [1.165, 1.54) is 0 Å². The smallest absolute Gasteiger partial charge is 0.121 e. The molecule has 1 aliphatic rings. The largest absolute Gasteiger partial charge is 0.496 e. The van der Waals surface area contributed by atoms with Gasteiger partial charge in [-0.2, -0.15) is 5.26 Å². The molecule has 1 aromatic carbocycles. The van der Waals surface area contributed by atoms with Crippen LogP contribution in [-0.4, -0.2) is 44.9 Å². The lowest BCUT2D eigenvalue weighted by atomic mass is 9.97. The number of benzene rings is 1. The van der Waals surface area contributed by atoms with Gasteiger partial charge in [-0.1, -0.05) is 12.1 Å². The molecule has 0 radical (unpaired) electrons. The molecular weight excluding hydrogens is 240 g/mol. The van der Waals surface area contributed by atoms with Crippen LogP contribution in [0.15, 0.2) is 18.2 Å². The van der Waals surface area contributed by atoms with Gasteiger partial charge in [0.2, 0.25) is 0 Å². The predicted octanol–water partition coefficient (Wildman–Crippen LogP) is 1.94. The van der Waals surface area contributed by atoms with Crippen molar-refractivity contribution in [1.29, 1.82) is 5.26 Å². The second kappa shape index (κ2) is 6.55. The highest BCUT2D eigenvalue weighted by Crippen LogP contribution is 2.24. The van der Waals surface area contributed by atoms with Crippen LogP contribution in [0.25, 0.3) is 0 Å². The Balaban J connectivity index is 2.08. The van der Waals surface area contributed by atoms with Gasteiger partial charge in [0.1, 0.15) is 5.75 Å². The van der Waals surface area contributed by atoms with Crippen molar-refractivity contribution in [3.8, 4) is 11.8 Å². The summed E-state index contributed by atoms with van der Waals surface area (Å²) < 4.78 is 10.6. The quantitative estimate of drug-likeness (QED) is 0.830. The van der Waals surface area contributed by atoms with Crippen molar-refractivity contribution in [2.75, 3.05) is 40.0 Å². The van der Waals surface area contributed by atoms with E-state index in [4.69, 9.17) is 9.47 Å². The number of aryl methyl sites for hydroxylation is 1. The topological polar surface area (TPSA) is 45.5 Å². The summed E-state index contributed by atoms with van der Waals surface area (Å²) >= 11 is 0. The van der Waals surface area contributed by atoms with Crippen LogP contribution in [-0.2, 0) is 4.74 Å². The molecule has 0 amide bonds. The van der Waals surface area contributed by atoms with E-state index in [9.17, 15) is 5.26 Å². The zero-order valence-electron chi connectivity index (χ0n) is 11.6. The summed E-state index contributed by atoms with van der Waals surface area (Å²) in [5, 5.41) is 9.39. The summed E-state index contributed by atoms with van der Waals surface area (Å²) in [7, 11) is 1.66.